The Balaban J connectivity index is 1.88. The molecular formula is C15H19NO4. The van der Waals surface area contributed by atoms with Crippen LogP contribution in [-0.2, 0) is 14.3 Å². The van der Waals surface area contributed by atoms with E-state index in [0.717, 1.165) is 11.4 Å². The van der Waals surface area contributed by atoms with E-state index in [-0.39, 0.29) is 18.2 Å². The Bertz CT molecular complexity index is 505. The summed E-state index contributed by atoms with van der Waals surface area (Å²) >= 11 is 0. The molecule has 1 aromatic rings. The van der Waals surface area contributed by atoms with Crippen molar-refractivity contribution in [1.82, 2.24) is 0 Å². The minimum Gasteiger partial charge on any atom is -0.497 e. The van der Waals surface area contributed by atoms with Crippen LogP contribution >= 0.6 is 0 Å². The summed E-state index contributed by atoms with van der Waals surface area (Å²) in [5.41, 5.74) is 0.383. The van der Waals surface area contributed by atoms with Crippen LogP contribution in [0.15, 0.2) is 24.3 Å². The lowest BCUT2D eigenvalue weighted by Crippen LogP contribution is -2.71. The number of nitrogens with zero attached hydrogens (tertiary/aromatic N) is 1. The summed E-state index contributed by atoms with van der Waals surface area (Å²) < 4.78 is 16.3. The van der Waals surface area contributed by atoms with E-state index >= 15 is 0 Å². The molecule has 108 valence electrons. The molecule has 2 aliphatic rings. The Morgan fingerprint density at radius 3 is 2.35 bits per heavy atom. The van der Waals surface area contributed by atoms with E-state index in [4.69, 9.17) is 14.2 Å². The smallest absolute Gasteiger partial charge is 0.235 e. The molecule has 1 aromatic carbocycles. The van der Waals surface area contributed by atoms with Crippen molar-refractivity contribution in [1.29, 1.82) is 0 Å². The van der Waals surface area contributed by atoms with Gasteiger partial charge in [0.2, 0.25) is 5.91 Å². The number of β-lactam (4-membered cyclic amide) rings is 1. The molecule has 5 nitrogen and oxygen atoms in total. The predicted molar refractivity (Wildman–Crippen MR) is 73.7 cm³/mol. The summed E-state index contributed by atoms with van der Waals surface area (Å²) in [6.45, 7) is 5.04. The maximum absolute atomic E-state index is 12.4. The molecular weight excluding hydrogens is 258 g/mol. The van der Waals surface area contributed by atoms with Gasteiger partial charge in [-0.25, -0.2) is 0 Å². The molecule has 0 bridgehead atoms. The van der Waals surface area contributed by atoms with Crippen molar-refractivity contribution in [3.63, 3.8) is 0 Å². The van der Waals surface area contributed by atoms with E-state index in [1.807, 2.05) is 38.1 Å². The van der Waals surface area contributed by atoms with Crippen LogP contribution in [0.3, 0.4) is 0 Å². The van der Waals surface area contributed by atoms with Gasteiger partial charge in [-0.1, -0.05) is 0 Å². The molecule has 2 heterocycles. The van der Waals surface area contributed by atoms with Crippen LogP contribution in [0.1, 0.15) is 13.8 Å². The average molecular weight is 277 g/mol. The second-order valence-electron chi connectivity index (χ2n) is 5.65. The number of carbonyl (C=O) groups is 1. The molecule has 2 fully saturated rings. The molecule has 0 N–H and O–H groups in total. The quantitative estimate of drug-likeness (QED) is 0.791. The van der Waals surface area contributed by atoms with Gasteiger partial charge in [0.1, 0.15) is 11.8 Å². The topological polar surface area (TPSA) is 48.0 Å². The molecule has 0 spiro atoms. The van der Waals surface area contributed by atoms with Gasteiger partial charge in [-0.15, -0.1) is 0 Å². The Kier molecular flexibility index (Phi) is 3.18. The largest absolute Gasteiger partial charge is 0.497 e. The molecule has 0 aliphatic carbocycles. The highest BCUT2D eigenvalue weighted by Crippen LogP contribution is 2.45. The second-order valence-corrected chi connectivity index (χ2v) is 5.65. The van der Waals surface area contributed by atoms with Crippen molar-refractivity contribution in [2.45, 2.75) is 26.2 Å². The van der Waals surface area contributed by atoms with Gasteiger partial charge in [-0.3, -0.25) is 4.79 Å². The zero-order valence-corrected chi connectivity index (χ0v) is 12.0. The number of amides is 1. The molecule has 0 aromatic heterocycles. The third-order valence-electron chi connectivity index (χ3n) is 4.04. The summed E-state index contributed by atoms with van der Waals surface area (Å²) in [5, 5.41) is 0. The van der Waals surface area contributed by atoms with Crippen molar-refractivity contribution in [2.24, 2.45) is 5.41 Å². The number of hydrogen-bond acceptors (Lipinski definition) is 4. The second kappa shape index (κ2) is 4.75. The van der Waals surface area contributed by atoms with Gasteiger partial charge < -0.3 is 19.1 Å². The van der Waals surface area contributed by atoms with Crippen LogP contribution in [0.5, 0.6) is 5.75 Å². The first-order valence-corrected chi connectivity index (χ1v) is 6.76. The first-order valence-electron chi connectivity index (χ1n) is 6.76. The van der Waals surface area contributed by atoms with E-state index in [9.17, 15) is 4.79 Å². The van der Waals surface area contributed by atoms with Gasteiger partial charge >= 0.3 is 0 Å². The lowest BCUT2D eigenvalue weighted by molar-refractivity contribution is -0.155. The lowest BCUT2D eigenvalue weighted by Gasteiger charge is -2.54. The van der Waals surface area contributed by atoms with Crippen molar-refractivity contribution >= 4 is 11.6 Å². The maximum atomic E-state index is 12.4. The van der Waals surface area contributed by atoms with E-state index in [1.54, 1.807) is 12.0 Å². The van der Waals surface area contributed by atoms with Crippen molar-refractivity contribution in [2.75, 3.05) is 25.2 Å². The van der Waals surface area contributed by atoms with Gasteiger partial charge in [0.25, 0.3) is 0 Å². The Morgan fingerprint density at radius 1 is 1.20 bits per heavy atom. The molecule has 5 heteroatoms. The summed E-state index contributed by atoms with van der Waals surface area (Å²) in [7, 11) is 1.62. The fourth-order valence-electron chi connectivity index (χ4n) is 2.86. The fraction of sp³-hybridized carbons (Fsp3) is 0.533. The molecule has 1 atom stereocenters. The number of anilines is 1. The van der Waals surface area contributed by atoms with Gasteiger partial charge in [0.15, 0.2) is 6.29 Å². The first kappa shape index (κ1) is 13.4. The number of rotatable bonds is 3. The van der Waals surface area contributed by atoms with Crippen LogP contribution in [0.2, 0.25) is 0 Å². The molecule has 0 radical (unpaired) electrons. The molecule has 2 aliphatic heterocycles. The van der Waals surface area contributed by atoms with Gasteiger partial charge in [-0.2, -0.15) is 0 Å². The average Bonchev–Trinajstić information content (AvgIpc) is 2.97. The number of benzene rings is 1. The number of methoxy groups -OCH3 is 1. The van der Waals surface area contributed by atoms with Gasteiger partial charge in [-0.05, 0) is 38.1 Å². The fourth-order valence-corrected chi connectivity index (χ4v) is 2.86. The normalized spacial score (nSPS) is 25.6. The van der Waals surface area contributed by atoms with Crippen LogP contribution in [0, 0.1) is 5.41 Å². The number of ether oxygens (including phenoxy) is 3. The van der Waals surface area contributed by atoms with Gasteiger partial charge in [0, 0.05) is 5.69 Å². The highest BCUT2D eigenvalue weighted by molar-refractivity contribution is 6.05. The molecule has 1 unspecified atom stereocenters. The highest BCUT2D eigenvalue weighted by Gasteiger charge is 2.59. The summed E-state index contributed by atoms with van der Waals surface area (Å²) in [5.74, 6) is 0.859. The van der Waals surface area contributed by atoms with E-state index in [0.29, 0.717) is 13.2 Å². The Labute approximate surface area is 118 Å². The molecule has 2 saturated heterocycles. The predicted octanol–water partition coefficient (Wildman–Crippen LogP) is 1.81. The lowest BCUT2D eigenvalue weighted by atomic mass is 9.73. The van der Waals surface area contributed by atoms with E-state index in [1.165, 1.54) is 0 Å². The van der Waals surface area contributed by atoms with E-state index < -0.39 is 5.41 Å². The van der Waals surface area contributed by atoms with Crippen molar-refractivity contribution < 1.29 is 19.0 Å². The maximum Gasteiger partial charge on any atom is 0.235 e. The van der Waals surface area contributed by atoms with Crippen LogP contribution in [0.25, 0.3) is 0 Å². The Morgan fingerprint density at radius 2 is 1.80 bits per heavy atom. The third-order valence-corrected chi connectivity index (χ3v) is 4.04. The SMILES string of the molecule is COc1ccc(N2C(=O)C(C)(C)C2C2OCCO2)cc1. The van der Waals surface area contributed by atoms with Crippen LogP contribution in [-0.4, -0.2) is 38.6 Å². The molecule has 20 heavy (non-hydrogen) atoms. The van der Waals surface area contributed by atoms with Crippen molar-refractivity contribution in [3.05, 3.63) is 24.3 Å². The summed E-state index contributed by atoms with van der Waals surface area (Å²) in [4.78, 5) is 14.1. The first-order chi connectivity index (χ1) is 9.55. The summed E-state index contributed by atoms with van der Waals surface area (Å²) in [6.07, 6.45) is -0.343. The van der Waals surface area contributed by atoms with E-state index in [2.05, 4.69) is 0 Å². The number of carbonyl (C=O) groups excluding carboxylic acids is 1. The minimum atomic E-state index is -0.463. The Hall–Kier alpha value is -1.59. The zero-order chi connectivity index (χ0) is 14.3. The number of hydrogen-bond donors (Lipinski definition) is 0. The van der Waals surface area contributed by atoms with Crippen LogP contribution in [0.4, 0.5) is 5.69 Å². The minimum absolute atomic E-state index is 0.0896. The molecule has 3 rings (SSSR count). The monoisotopic (exact) mass is 277 g/mol. The zero-order valence-electron chi connectivity index (χ0n) is 12.0. The summed E-state index contributed by atoms with van der Waals surface area (Å²) in [6, 6.07) is 7.37. The highest BCUT2D eigenvalue weighted by atomic mass is 16.7. The van der Waals surface area contributed by atoms with Gasteiger partial charge in [0.05, 0.1) is 25.7 Å². The molecule has 0 saturated carbocycles. The third kappa shape index (κ3) is 1.89. The standard InChI is InChI=1S/C15H19NO4/c1-15(2)12(13-19-8-9-20-13)16(14(15)17)10-4-6-11(18-3)7-5-10/h4-7,12-13H,8-9H2,1-3H3. The van der Waals surface area contributed by atoms with Crippen molar-refractivity contribution in [3.8, 4) is 5.75 Å². The van der Waals surface area contributed by atoms with Crippen LogP contribution < -0.4 is 9.64 Å². The molecule has 1 amide bonds.